The number of alkyl halides is 2. The summed E-state index contributed by atoms with van der Waals surface area (Å²) in [6, 6.07) is 0. The van der Waals surface area contributed by atoms with Gasteiger partial charge in [0.25, 0.3) is 11.8 Å². The third-order valence-electron chi connectivity index (χ3n) is 4.23. The number of halogens is 2. The van der Waals surface area contributed by atoms with E-state index in [-0.39, 0.29) is 51.0 Å². The zero-order chi connectivity index (χ0) is 19.0. The van der Waals surface area contributed by atoms with Crippen LogP contribution in [-0.2, 0) is 19.1 Å². The average Bonchev–Trinajstić information content (AvgIpc) is 2.90. The van der Waals surface area contributed by atoms with Crippen molar-refractivity contribution in [3.05, 3.63) is 12.2 Å². The Hall–Kier alpha value is -2.27. The van der Waals surface area contributed by atoms with E-state index >= 15 is 0 Å². The minimum atomic E-state index is -3.14. The summed E-state index contributed by atoms with van der Waals surface area (Å²) in [7, 11) is 0. The van der Waals surface area contributed by atoms with Gasteiger partial charge in [-0.25, -0.2) is 0 Å². The number of imide groups is 1. The highest BCUT2D eigenvalue weighted by atomic mass is 19.3. The van der Waals surface area contributed by atoms with Crippen LogP contribution >= 0.6 is 0 Å². The normalized spacial score (nSPS) is 21.8. The Kier molecular flexibility index (Phi) is 7.27. The van der Waals surface area contributed by atoms with E-state index in [1.807, 2.05) is 5.92 Å². The lowest BCUT2D eigenvalue weighted by atomic mass is 9.89. The fourth-order valence-electron chi connectivity index (χ4n) is 2.77. The van der Waals surface area contributed by atoms with E-state index < -0.39 is 17.7 Å². The van der Waals surface area contributed by atoms with Crippen LogP contribution in [0.5, 0.6) is 0 Å². The molecule has 0 fully saturated rings. The molecule has 3 amide bonds. The second kappa shape index (κ2) is 9.43. The highest BCUT2D eigenvalue weighted by molar-refractivity contribution is 6.12. The lowest BCUT2D eigenvalue weighted by Gasteiger charge is -2.23. The maximum absolute atomic E-state index is 13.9. The summed E-state index contributed by atoms with van der Waals surface area (Å²) in [5, 5.41) is 2.54. The fraction of sp³-hybridized carbons (Fsp3) is 0.611. The zero-order valence-corrected chi connectivity index (χ0v) is 14.4. The molecule has 2 aliphatic rings. The van der Waals surface area contributed by atoms with Crippen molar-refractivity contribution in [1.82, 2.24) is 10.2 Å². The van der Waals surface area contributed by atoms with Gasteiger partial charge in [0.05, 0.1) is 19.8 Å². The Balaban J connectivity index is 1.61. The first-order chi connectivity index (χ1) is 12.4. The van der Waals surface area contributed by atoms with Gasteiger partial charge in [-0.2, -0.15) is 8.78 Å². The lowest BCUT2D eigenvalue weighted by molar-refractivity contribution is -0.137. The number of hydrogen-bond donors (Lipinski definition) is 1. The van der Waals surface area contributed by atoms with Crippen LogP contribution < -0.4 is 5.32 Å². The van der Waals surface area contributed by atoms with Crippen LogP contribution in [-0.4, -0.2) is 54.8 Å². The zero-order valence-electron chi connectivity index (χ0n) is 14.4. The van der Waals surface area contributed by atoms with Crippen molar-refractivity contribution in [3.8, 4) is 11.8 Å². The molecule has 1 atom stereocenters. The molecule has 1 aliphatic carbocycles. The lowest BCUT2D eigenvalue weighted by Crippen LogP contribution is -2.36. The number of carbonyl (C=O) groups excluding carboxylic acids is 3. The number of hydrogen-bond acceptors (Lipinski definition) is 4. The van der Waals surface area contributed by atoms with E-state index in [0.29, 0.717) is 12.8 Å². The molecule has 0 radical (unpaired) electrons. The van der Waals surface area contributed by atoms with Gasteiger partial charge < -0.3 is 10.1 Å². The summed E-state index contributed by atoms with van der Waals surface area (Å²) < 4.78 is 33.1. The van der Waals surface area contributed by atoms with Crippen molar-refractivity contribution in [2.24, 2.45) is 5.92 Å². The van der Waals surface area contributed by atoms with Crippen LogP contribution in [0.2, 0.25) is 0 Å². The van der Waals surface area contributed by atoms with Crippen LogP contribution in [0.1, 0.15) is 32.1 Å². The first-order valence-electron chi connectivity index (χ1n) is 8.66. The Morgan fingerprint density at radius 1 is 1.27 bits per heavy atom. The van der Waals surface area contributed by atoms with E-state index in [1.54, 1.807) is 0 Å². The molecule has 6 nitrogen and oxygen atoms in total. The first kappa shape index (κ1) is 20.0. The van der Waals surface area contributed by atoms with E-state index in [0.717, 1.165) is 11.3 Å². The predicted molar refractivity (Wildman–Crippen MR) is 89.0 cm³/mol. The standard InChI is InChI=1S/C18H22F2N2O4/c19-18(20)8-4-2-1-3-5-14(18)13-15(23)21-9-11-26-12-10-22-16(24)6-7-17(22)25/h6-7,14H,1-3,5,9-13H2,(H,21,23). The van der Waals surface area contributed by atoms with Gasteiger partial charge in [-0.3, -0.25) is 19.3 Å². The number of carbonyl (C=O) groups is 3. The van der Waals surface area contributed by atoms with Crippen molar-refractivity contribution in [3.63, 3.8) is 0 Å². The molecule has 2 rings (SSSR count). The maximum Gasteiger partial charge on any atom is 0.311 e. The summed E-state index contributed by atoms with van der Waals surface area (Å²) in [4.78, 5) is 35.6. The summed E-state index contributed by atoms with van der Waals surface area (Å²) in [5.41, 5.74) is 0. The van der Waals surface area contributed by atoms with Gasteiger partial charge in [0.1, 0.15) is 0 Å². The first-order valence-corrected chi connectivity index (χ1v) is 8.66. The molecule has 0 spiro atoms. The Bertz CT molecular complexity index is 619. The molecule has 1 N–H and O–H groups in total. The number of nitrogens with zero attached hydrogens (tertiary/aromatic N) is 1. The van der Waals surface area contributed by atoms with E-state index in [1.165, 1.54) is 12.2 Å². The molecular formula is C18H22F2N2O4. The second-order valence-electron chi connectivity index (χ2n) is 6.20. The molecule has 0 bridgehead atoms. The molecule has 142 valence electrons. The van der Waals surface area contributed by atoms with Crippen LogP contribution in [0.3, 0.4) is 0 Å². The van der Waals surface area contributed by atoms with Gasteiger partial charge in [-0.05, 0) is 18.8 Å². The second-order valence-corrected chi connectivity index (χ2v) is 6.20. The fourth-order valence-corrected chi connectivity index (χ4v) is 2.77. The van der Waals surface area contributed by atoms with Gasteiger partial charge in [0, 0.05) is 37.5 Å². The van der Waals surface area contributed by atoms with Crippen molar-refractivity contribution in [1.29, 1.82) is 0 Å². The average molecular weight is 368 g/mol. The highest BCUT2D eigenvalue weighted by Gasteiger charge is 2.38. The molecule has 1 heterocycles. The van der Waals surface area contributed by atoms with Crippen LogP contribution in [0.4, 0.5) is 8.78 Å². The summed E-state index contributed by atoms with van der Waals surface area (Å²) >= 11 is 0. The molecule has 1 unspecified atom stereocenters. The topological polar surface area (TPSA) is 75.7 Å². The number of ether oxygens (including phenoxy) is 1. The van der Waals surface area contributed by atoms with Gasteiger partial charge in [0.2, 0.25) is 5.91 Å². The van der Waals surface area contributed by atoms with E-state index in [9.17, 15) is 23.2 Å². The van der Waals surface area contributed by atoms with Gasteiger partial charge in [-0.1, -0.05) is 12.3 Å². The number of rotatable bonds is 8. The minimum absolute atomic E-state index is 0.131. The number of nitrogens with one attached hydrogen (secondary N) is 1. The van der Waals surface area contributed by atoms with Crippen molar-refractivity contribution in [2.75, 3.05) is 26.3 Å². The molecule has 8 heteroatoms. The van der Waals surface area contributed by atoms with E-state index in [4.69, 9.17) is 4.74 Å². The Morgan fingerprint density at radius 2 is 2.00 bits per heavy atom. The summed E-state index contributed by atoms with van der Waals surface area (Å²) in [6.45, 7) is 0.607. The summed E-state index contributed by atoms with van der Waals surface area (Å²) in [6.07, 6.45) is 4.26. The third kappa shape index (κ3) is 5.92. The molecule has 0 aromatic rings. The quantitative estimate of drug-likeness (QED) is 0.398. The highest BCUT2D eigenvalue weighted by Crippen LogP contribution is 2.32. The minimum Gasteiger partial charge on any atom is -0.378 e. The molecule has 0 saturated carbocycles. The van der Waals surface area contributed by atoms with Crippen LogP contribution in [0.15, 0.2) is 12.2 Å². The number of amides is 3. The van der Waals surface area contributed by atoms with Crippen molar-refractivity contribution >= 4 is 17.7 Å². The molecule has 0 aromatic heterocycles. The largest absolute Gasteiger partial charge is 0.378 e. The maximum atomic E-state index is 13.9. The molecule has 0 saturated heterocycles. The molecular weight excluding hydrogens is 346 g/mol. The molecule has 0 aromatic carbocycles. The van der Waals surface area contributed by atoms with Gasteiger partial charge >= 0.3 is 5.92 Å². The summed E-state index contributed by atoms with van der Waals surface area (Å²) in [5.74, 6) is -0.988. The van der Waals surface area contributed by atoms with Crippen molar-refractivity contribution in [2.45, 2.75) is 38.0 Å². The molecule has 1 aliphatic heterocycles. The van der Waals surface area contributed by atoms with Crippen LogP contribution in [0, 0.1) is 17.8 Å². The van der Waals surface area contributed by atoms with E-state index in [2.05, 4.69) is 11.2 Å². The monoisotopic (exact) mass is 368 g/mol. The van der Waals surface area contributed by atoms with Gasteiger partial charge in [-0.15, -0.1) is 0 Å². The van der Waals surface area contributed by atoms with Crippen molar-refractivity contribution < 1.29 is 27.9 Å². The molecule has 26 heavy (non-hydrogen) atoms. The predicted octanol–water partition coefficient (Wildman–Crippen LogP) is 1.26. The Morgan fingerprint density at radius 3 is 2.73 bits per heavy atom. The van der Waals surface area contributed by atoms with Gasteiger partial charge in [0.15, 0.2) is 0 Å². The van der Waals surface area contributed by atoms with Crippen LogP contribution in [0.25, 0.3) is 0 Å². The smallest absolute Gasteiger partial charge is 0.311 e. The Labute approximate surface area is 150 Å². The SMILES string of the molecule is O=C(CC1CCCCC#CC1(F)F)NCCOCCN1C(=O)C=CC1=O. The third-order valence-corrected chi connectivity index (χ3v) is 4.23.